The second kappa shape index (κ2) is 13.8. The lowest BCUT2D eigenvalue weighted by Gasteiger charge is -2.32. The lowest BCUT2D eigenvalue weighted by atomic mass is 9.70. The van der Waals surface area contributed by atoms with Crippen molar-refractivity contribution < 1.29 is 4.42 Å². The number of furan rings is 1. The maximum Gasteiger partial charge on any atom is 0.136 e. The molecule has 0 unspecified atom stereocenters. The van der Waals surface area contributed by atoms with Crippen molar-refractivity contribution in [3.05, 3.63) is 259 Å². The predicted octanol–water partition coefficient (Wildman–Crippen LogP) is 17.0. The SMILES string of the molecule is c1cc(-c2ccc3ccccc3c2)cc(N(c2ccccc2-c2ccc3oc4cc5ccccc5cc4c3c2)c2cccc3c2-c2ccccc2C32c3ccccc3-c3ccccc32)c1. The van der Waals surface area contributed by atoms with Crippen LogP contribution in [0.15, 0.2) is 241 Å². The van der Waals surface area contributed by atoms with Crippen LogP contribution in [0.1, 0.15) is 22.3 Å². The molecule has 1 aromatic heterocycles. The van der Waals surface area contributed by atoms with E-state index in [2.05, 4.69) is 241 Å². The monoisotopic (exact) mass is 825 g/mol. The van der Waals surface area contributed by atoms with Crippen LogP contribution in [0, 0.1) is 0 Å². The zero-order chi connectivity index (χ0) is 42.6. The Labute approximate surface area is 376 Å². The quantitative estimate of drug-likeness (QED) is 0.172. The predicted molar refractivity (Wildman–Crippen MR) is 271 cm³/mol. The summed E-state index contributed by atoms with van der Waals surface area (Å²) >= 11 is 0. The number of nitrogens with zero attached hydrogens (tertiary/aromatic N) is 1. The highest BCUT2D eigenvalue weighted by atomic mass is 16.3. The van der Waals surface area contributed by atoms with Crippen LogP contribution in [0.4, 0.5) is 17.1 Å². The van der Waals surface area contributed by atoms with Gasteiger partial charge in [-0.25, -0.2) is 0 Å². The fourth-order valence-corrected chi connectivity index (χ4v) is 11.5. The zero-order valence-electron chi connectivity index (χ0n) is 35.4. The molecule has 0 atom stereocenters. The number of para-hydroxylation sites is 1. The van der Waals surface area contributed by atoms with Crippen LogP contribution in [0.25, 0.3) is 88.0 Å². The summed E-state index contributed by atoms with van der Waals surface area (Å²) in [5.74, 6) is 0. The van der Waals surface area contributed by atoms with E-state index in [0.717, 1.165) is 55.7 Å². The molecule has 2 aliphatic rings. The third-order valence-corrected chi connectivity index (χ3v) is 14.2. The minimum atomic E-state index is -0.467. The van der Waals surface area contributed by atoms with Crippen molar-refractivity contribution in [1.29, 1.82) is 0 Å². The van der Waals surface area contributed by atoms with Gasteiger partial charge in [0.25, 0.3) is 0 Å². The molecule has 0 N–H and O–H groups in total. The minimum absolute atomic E-state index is 0.467. The summed E-state index contributed by atoms with van der Waals surface area (Å²) in [6.07, 6.45) is 0. The Kier molecular flexibility index (Phi) is 7.64. The van der Waals surface area contributed by atoms with Crippen molar-refractivity contribution in [3.63, 3.8) is 0 Å². The molecule has 0 amide bonds. The highest BCUT2D eigenvalue weighted by Gasteiger charge is 2.52. The number of hydrogen-bond donors (Lipinski definition) is 0. The summed E-state index contributed by atoms with van der Waals surface area (Å²) < 4.78 is 6.52. The highest BCUT2D eigenvalue weighted by molar-refractivity contribution is 6.12. The van der Waals surface area contributed by atoms with Gasteiger partial charge in [-0.05, 0) is 132 Å². The number of hydrogen-bond acceptors (Lipinski definition) is 2. The van der Waals surface area contributed by atoms with Crippen molar-refractivity contribution in [1.82, 2.24) is 0 Å². The van der Waals surface area contributed by atoms with Gasteiger partial charge in [0, 0.05) is 27.6 Å². The van der Waals surface area contributed by atoms with Crippen molar-refractivity contribution in [2.45, 2.75) is 5.41 Å². The van der Waals surface area contributed by atoms with Crippen molar-refractivity contribution in [2.75, 3.05) is 4.90 Å². The molecule has 0 saturated carbocycles. The summed E-state index contributed by atoms with van der Waals surface area (Å²) in [7, 11) is 0. The van der Waals surface area contributed by atoms with Gasteiger partial charge in [-0.3, -0.25) is 0 Å². The van der Waals surface area contributed by atoms with Crippen molar-refractivity contribution in [3.8, 4) is 44.5 Å². The zero-order valence-corrected chi connectivity index (χ0v) is 35.4. The Balaban J connectivity index is 1.03. The number of benzene rings is 11. The van der Waals surface area contributed by atoms with E-state index in [4.69, 9.17) is 4.42 Å². The molecule has 14 rings (SSSR count). The lowest BCUT2D eigenvalue weighted by molar-refractivity contribution is 0.669. The first-order chi connectivity index (χ1) is 32.2. The summed E-state index contributed by atoms with van der Waals surface area (Å²) in [6.45, 7) is 0. The van der Waals surface area contributed by atoms with Crippen LogP contribution < -0.4 is 4.90 Å². The number of rotatable bonds is 5. The van der Waals surface area contributed by atoms with Crippen LogP contribution in [0.2, 0.25) is 0 Å². The molecule has 302 valence electrons. The largest absolute Gasteiger partial charge is 0.456 e. The molecular formula is C63H39NO. The van der Waals surface area contributed by atoms with Gasteiger partial charge in [0.2, 0.25) is 0 Å². The molecule has 2 aliphatic carbocycles. The summed E-state index contributed by atoms with van der Waals surface area (Å²) in [5, 5.41) is 7.08. The van der Waals surface area contributed by atoms with Gasteiger partial charge in [0.05, 0.1) is 16.8 Å². The molecule has 2 heteroatoms. The van der Waals surface area contributed by atoms with Gasteiger partial charge in [-0.15, -0.1) is 0 Å². The molecule has 11 aromatic carbocycles. The Morgan fingerprint density at radius 3 is 1.62 bits per heavy atom. The first kappa shape index (κ1) is 36.1. The van der Waals surface area contributed by atoms with E-state index in [1.165, 1.54) is 71.6 Å². The average Bonchev–Trinajstić information content (AvgIpc) is 3.99. The van der Waals surface area contributed by atoms with Crippen molar-refractivity contribution in [2.24, 2.45) is 0 Å². The molecule has 1 spiro atoms. The smallest absolute Gasteiger partial charge is 0.136 e. The van der Waals surface area contributed by atoms with E-state index in [1.807, 2.05) is 0 Å². The first-order valence-electron chi connectivity index (χ1n) is 22.5. The molecule has 1 heterocycles. The molecular weight excluding hydrogens is 787 g/mol. The van der Waals surface area contributed by atoms with E-state index < -0.39 is 5.41 Å². The molecule has 0 fully saturated rings. The number of fused-ring (bicyclic) bond motifs is 15. The van der Waals surface area contributed by atoms with Crippen LogP contribution in [0.5, 0.6) is 0 Å². The second-order valence-electron chi connectivity index (χ2n) is 17.6. The standard InChI is InChI=1S/C63H39NO/c1-2-16-41-35-45(32-31-40(41)15-1)42-19-13-20-47(36-42)64(58-29-12-8-21-48(58)46-33-34-60-52(38-46)53-37-43-17-3-4-18-44(43)39-61(53)65-60)59-30-14-28-57-62(59)51-24-7-11-27-56(51)63(57)54-25-9-5-22-49(54)50-23-6-10-26-55(50)63/h1-39H. The fraction of sp³-hybridized carbons (Fsp3) is 0.0159. The Hall–Kier alpha value is -8.46. The summed E-state index contributed by atoms with van der Waals surface area (Å²) in [4.78, 5) is 2.52. The van der Waals surface area contributed by atoms with E-state index in [0.29, 0.717) is 0 Å². The first-order valence-corrected chi connectivity index (χ1v) is 22.5. The normalized spacial score (nSPS) is 13.0. The minimum Gasteiger partial charge on any atom is -0.456 e. The summed E-state index contributed by atoms with van der Waals surface area (Å²) in [5.41, 5.74) is 19.7. The Morgan fingerprint density at radius 2 is 0.846 bits per heavy atom. The van der Waals surface area contributed by atoms with Crippen molar-refractivity contribution >= 4 is 60.5 Å². The highest BCUT2D eigenvalue weighted by Crippen LogP contribution is 2.65. The molecule has 0 radical (unpaired) electrons. The van der Waals surface area contributed by atoms with E-state index >= 15 is 0 Å². The third-order valence-electron chi connectivity index (χ3n) is 14.2. The van der Waals surface area contributed by atoms with Crippen LogP contribution in [0.3, 0.4) is 0 Å². The maximum atomic E-state index is 6.52. The molecule has 0 bridgehead atoms. The molecule has 0 saturated heterocycles. The number of anilines is 3. The van der Waals surface area contributed by atoms with Crippen LogP contribution in [-0.4, -0.2) is 0 Å². The molecule has 12 aromatic rings. The van der Waals surface area contributed by atoms with E-state index in [1.54, 1.807) is 0 Å². The fourth-order valence-electron chi connectivity index (χ4n) is 11.5. The van der Waals surface area contributed by atoms with Gasteiger partial charge in [0.15, 0.2) is 0 Å². The lowest BCUT2D eigenvalue weighted by Crippen LogP contribution is -2.26. The van der Waals surface area contributed by atoms with Gasteiger partial charge in [-0.2, -0.15) is 0 Å². The van der Waals surface area contributed by atoms with Gasteiger partial charge in [0.1, 0.15) is 11.2 Å². The molecule has 0 aliphatic heterocycles. The van der Waals surface area contributed by atoms with Gasteiger partial charge < -0.3 is 9.32 Å². The Bertz CT molecular complexity index is 3880. The van der Waals surface area contributed by atoms with Gasteiger partial charge in [-0.1, -0.05) is 182 Å². The topological polar surface area (TPSA) is 16.4 Å². The average molecular weight is 826 g/mol. The van der Waals surface area contributed by atoms with E-state index in [-0.39, 0.29) is 0 Å². The van der Waals surface area contributed by atoms with Crippen LogP contribution in [-0.2, 0) is 5.41 Å². The maximum absolute atomic E-state index is 6.52. The molecule has 65 heavy (non-hydrogen) atoms. The molecule has 2 nitrogen and oxygen atoms in total. The van der Waals surface area contributed by atoms with Gasteiger partial charge >= 0.3 is 0 Å². The van der Waals surface area contributed by atoms with Crippen LogP contribution >= 0.6 is 0 Å². The third kappa shape index (κ3) is 5.17. The van der Waals surface area contributed by atoms with E-state index in [9.17, 15) is 0 Å². The second-order valence-corrected chi connectivity index (χ2v) is 17.6. The summed E-state index contributed by atoms with van der Waals surface area (Å²) in [6, 6.07) is 87.3. The Morgan fingerprint density at radius 1 is 0.308 bits per heavy atom.